The van der Waals surface area contributed by atoms with Gasteiger partial charge in [0, 0.05) is 11.5 Å². The van der Waals surface area contributed by atoms with Gasteiger partial charge in [-0.25, -0.2) is 0 Å². The third-order valence-electron chi connectivity index (χ3n) is 4.53. The minimum absolute atomic E-state index is 0.00968. The highest BCUT2D eigenvalue weighted by Gasteiger charge is 2.31. The van der Waals surface area contributed by atoms with Crippen molar-refractivity contribution in [2.75, 3.05) is 6.61 Å². The van der Waals surface area contributed by atoms with E-state index < -0.39 is 0 Å². The molecule has 1 heterocycles. The minimum atomic E-state index is -0.00968. The lowest BCUT2D eigenvalue weighted by Gasteiger charge is -2.17. The molecule has 2 atom stereocenters. The van der Waals surface area contributed by atoms with Crippen molar-refractivity contribution in [1.29, 1.82) is 0 Å². The number of ether oxygens (including phenoxy) is 1. The Hall–Kier alpha value is -1.47. The van der Waals surface area contributed by atoms with Crippen LogP contribution in [0.4, 0.5) is 0 Å². The summed E-state index contributed by atoms with van der Waals surface area (Å²) in [7, 11) is 0. The van der Waals surface area contributed by atoms with E-state index in [1.54, 1.807) is 0 Å². The van der Waals surface area contributed by atoms with E-state index in [0.717, 1.165) is 5.75 Å². The molecule has 0 N–H and O–H groups in total. The smallest absolute Gasteiger partial charge is 0.122 e. The number of halogens is 1. The first-order chi connectivity index (χ1) is 9.83. The first-order valence-electron chi connectivity index (χ1n) is 7.30. The highest BCUT2D eigenvalue weighted by atomic mass is 35.5. The Bertz CT molecular complexity index is 650. The van der Waals surface area contributed by atoms with Crippen LogP contribution >= 0.6 is 11.6 Å². The van der Waals surface area contributed by atoms with Crippen LogP contribution < -0.4 is 4.74 Å². The molecule has 0 radical (unpaired) electrons. The van der Waals surface area contributed by atoms with E-state index in [0.29, 0.717) is 6.61 Å². The Morgan fingerprint density at radius 1 is 1.05 bits per heavy atom. The fraction of sp³-hybridized carbons (Fsp3) is 0.333. The largest absolute Gasteiger partial charge is 0.493 e. The van der Waals surface area contributed by atoms with Gasteiger partial charge in [0.15, 0.2) is 0 Å². The summed E-state index contributed by atoms with van der Waals surface area (Å²) >= 11 is 6.76. The van der Waals surface area contributed by atoms with E-state index in [4.69, 9.17) is 16.3 Å². The summed E-state index contributed by atoms with van der Waals surface area (Å²) in [5, 5.41) is -0.00968. The molecule has 0 bridgehead atoms. The molecule has 0 aromatic heterocycles. The monoisotopic (exact) mass is 284 g/mol. The number of aryl methyl sites for hydroxylation is 2. The van der Waals surface area contributed by atoms with Gasteiger partial charge in [-0.1, -0.05) is 36.4 Å². The van der Waals surface area contributed by atoms with Crippen LogP contribution in [-0.4, -0.2) is 6.61 Å². The van der Waals surface area contributed by atoms with Crippen molar-refractivity contribution >= 4 is 11.6 Å². The lowest BCUT2D eigenvalue weighted by atomic mass is 9.92. The van der Waals surface area contributed by atoms with Crippen LogP contribution in [0.3, 0.4) is 0 Å². The average molecular weight is 285 g/mol. The SMILES string of the molecule is ClC(c1ccc2c(c1)CCC2)C1COc2ccccc21. The molecule has 20 heavy (non-hydrogen) atoms. The molecule has 2 aromatic rings. The average Bonchev–Trinajstić information content (AvgIpc) is 3.12. The Labute approximate surface area is 124 Å². The quantitative estimate of drug-likeness (QED) is 0.731. The van der Waals surface area contributed by atoms with E-state index in [2.05, 4.69) is 30.3 Å². The molecule has 0 amide bonds. The highest BCUT2D eigenvalue weighted by molar-refractivity contribution is 6.21. The third kappa shape index (κ3) is 1.92. The van der Waals surface area contributed by atoms with Gasteiger partial charge in [-0.05, 0) is 42.0 Å². The summed E-state index contributed by atoms with van der Waals surface area (Å²) in [6.45, 7) is 0.685. The van der Waals surface area contributed by atoms with E-state index in [1.165, 1.54) is 41.5 Å². The summed E-state index contributed by atoms with van der Waals surface area (Å²) in [4.78, 5) is 0. The van der Waals surface area contributed by atoms with Gasteiger partial charge < -0.3 is 4.74 Å². The lowest BCUT2D eigenvalue weighted by Crippen LogP contribution is -2.08. The van der Waals surface area contributed by atoms with Crippen LogP contribution in [-0.2, 0) is 12.8 Å². The molecule has 1 nitrogen and oxygen atoms in total. The topological polar surface area (TPSA) is 9.23 Å². The van der Waals surface area contributed by atoms with Gasteiger partial charge in [-0.2, -0.15) is 0 Å². The second kappa shape index (κ2) is 4.82. The van der Waals surface area contributed by atoms with Crippen LogP contribution in [0.1, 0.15) is 40.0 Å². The van der Waals surface area contributed by atoms with Gasteiger partial charge >= 0.3 is 0 Å². The number of hydrogen-bond donors (Lipinski definition) is 0. The highest BCUT2D eigenvalue weighted by Crippen LogP contribution is 2.44. The third-order valence-corrected chi connectivity index (χ3v) is 5.09. The molecular formula is C18H17ClO. The maximum atomic E-state index is 6.76. The zero-order valence-electron chi connectivity index (χ0n) is 11.3. The first kappa shape index (κ1) is 12.3. The zero-order chi connectivity index (χ0) is 13.5. The molecule has 0 saturated carbocycles. The van der Waals surface area contributed by atoms with Crippen molar-refractivity contribution in [3.8, 4) is 5.75 Å². The first-order valence-corrected chi connectivity index (χ1v) is 7.74. The zero-order valence-corrected chi connectivity index (χ0v) is 12.1. The number of rotatable bonds is 2. The second-order valence-electron chi connectivity index (χ2n) is 5.74. The summed E-state index contributed by atoms with van der Waals surface area (Å²) in [5.41, 5.74) is 5.46. The van der Waals surface area contributed by atoms with Gasteiger partial charge in [0.1, 0.15) is 5.75 Å². The van der Waals surface area contributed by atoms with Gasteiger partial charge in [-0.3, -0.25) is 0 Å². The molecule has 0 fully saturated rings. The molecule has 0 spiro atoms. The molecule has 0 saturated heterocycles. The van der Waals surface area contributed by atoms with Gasteiger partial charge in [-0.15, -0.1) is 11.6 Å². The van der Waals surface area contributed by atoms with E-state index in [1.807, 2.05) is 12.1 Å². The fourth-order valence-electron chi connectivity index (χ4n) is 3.43. The predicted octanol–water partition coefficient (Wildman–Crippen LogP) is 4.63. The number of fused-ring (bicyclic) bond motifs is 2. The predicted molar refractivity (Wildman–Crippen MR) is 81.7 cm³/mol. The standard InChI is InChI=1S/C18H17ClO/c19-18(14-9-8-12-4-3-5-13(12)10-14)16-11-20-17-7-2-1-6-15(16)17/h1-2,6-10,16,18H,3-5,11H2. The van der Waals surface area contributed by atoms with Crippen molar-refractivity contribution in [3.63, 3.8) is 0 Å². The Balaban J connectivity index is 1.67. The molecular weight excluding hydrogens is 268 g/mol. The van der Waals surface area contributed by atoms with Crippen molar-refractivity contribution in [2.24, 2.45) is 0 Å². The number of alkyl halides is 1. The molecule has 102 valence electrons. The maximum absolute atomic E-state index is 6.76. The maximum Gasteiger partial charge on any atom is 0.122 e. The van der Waals surface area contributed by atoms with Crippen LogP contribution in [0.25, 0.3) is 0 Å². The second-order valence-corrected chi connectivity index (χ2v) is 6.21. The summed E-state index contributed by atoms with van der Waals surface area (Å²) in [6.07, 6.45) is 3.70. The molecule has 2 aromatic carbocycles. The number of para-hydroxylation sites is 1. The van der Waals surface area contributed by atoms with Gasteiger partial charge in [0.25, 0.3) is 0 Å². The molecule has 4 rings (SSSR count). The van der Waals surface area contributed by atoms with Crippen molar-refractivity contribution in [1.82, 2.24) is 0 Å². The van der Waals surface area contributed by atoms with Crippen LogP contribution in [0, 0.1) is 0 Å². The fourth-order valence-corrected chi connectivity index (χ4v) is 3.77. The Morgan fingerprint density at radius 2 is 1.90 bits per heavy atom. The normalized spacial score (nSPS) is 21.1. The molecule has 2 aliphatic rings. The van der Waals surface area contributed by atoms with Gasteiger partial charge in [0.2, 0.25) is 0 Å². The summed E-state index contributed by atoms with van der Waals surface area (Å²) in [5.74, 6) is 1.25. The molecule has 1 aliphatic heterocycles. The molecule has 1 aliphatic carbocycles. The van der Waals surface area contributed by atoms with Crippen molar-refractivity contribution in [2.45, 2.75) is 30.6 Å². The minimum Gasteiger partial charge on any atom is -0.493 e. The number of benzene rings is 2. The van der Waals surface area contributed by atoms with Crippen LogP contribution in [0.15, 0.2) is 42.5 Å². The molecule has 2 unspecified atom stereocenters. The number of hydrogen-bond acceptors (Lipinski definition) is 1. The lowest BCUT2D eigenvalue weighted by molar-refractivity contribution is 0.328. The van der Waals surface area contributed by atoms with Crippen molar-refractivity contribution in [3.05, 3.63) is 64.7 Å². The Kier molecular flexibility index (Phi) is 2.96. The summed E-state index contributed by atoms with van der Waals surface area (Å²) < 4.78 is 5.76. The van der Waals surface area contributed by atoms with Crippen LogP contribution in [0.5, 0.6) is 5.75 Å². The van der Waals surface area contributed by atoms with E-state index >= 15 is 0 Å². The van der Waals surface area contributed by atoms with E-state index in [-0.39, 0.29) is 11.3 Å². The summed E-state index contributed by atoms with van der Waals surface area (Å²) in [6, 6.07) is 15.0. The van der Waals surface area contributed by atoms with Crippen LogP contribution in [0.2, 0.25) is 0 Å². The Morgan fingerprint density at radius 3 is 2.85 bits per heavy atom. The van der Waals surface area contributed by atoms with Gasteiger partial charge in [0.05, 0.1) is 12.0 Å². The molecule has 2 heteroatoms. The van der Waals surface area contributed by atoms with E-state index in [9.17, 15) is 0 Å². The van der Waals surface area contributed by atoms with Crippen molar-refractivity contribution < 1.29 is 4.74 Å².